The predicted molar refractivity (Wildman–Crippen MR) is 83.9 cm³/mol. The third-order valence-corrected chi connectivity index (χ3v) is 4.13. The number of benzene rings is 1. The van der Waals surface area contributed by atoms with Crippen LogP contribution >= 0.6 is 23.2 Å². The minimum absolute atomic E-state index is 0.0692. The zero-order valence-corrected chi connectivity index (χ0v) is 13.5. The van der Waals surface area contributed by atoms with Gasteiger partial charge in [-0.15, -0.1) is 0 Å². The Balaban J connectivity index is 2.04. The van der Waals surface area contributed by atoms with E-state index in [2.05, 4.69) is 26.9 Å². The third kappa shape index (κ3) is 3.64. The van der Waals surface area contributed by atoms with E-state index in [1.165, 1.54) is 0 Å². The molecule has 5 nitrogen and oxygen atoms in total. The third-order valence-electron chi connectivity index (χ3n) is 3.57. The first-order chi connectivity index (χ1) is 11.4. The summed E-state index contributed by atoms with van der Waals surface area (Å²) in [5, 5.41) is 0.479. The highest BCUT2D eigenvalue weighted by Gasteiger charge is 2.34. The van der Waals surface area contributed by atoms with E-state index in [0.29, 0.717) is 10.7 Å². The Labute approximate surface area is 145 Å². The van der Waals surface area contributed by atoms with Crippen LogP contribution in [0.3, 0.4) is 0 Å². The molecule has 10 heteroatoms. The second kappa shape index (κ2) is 6.83. The molecule has 0 aliphatic carbocycles. The standard InChI is InChI=1S/C14H12Cl2F3N5/c15-9-3-1-7(2-4-9)11(13-21-23-24-22-13)12-10(16)5-8(6-20-12)14(17,18)19/h1-6,11,13,21-24H/t11-/m0/s1. The minimum atomic E-state index is -4.50. The molecule has 0 radical (unpaired) electrons. The number of halogens is 5. The molecule has 0 saturated carbocycles. The van der Waals surface area contributed by atoms with E-state index in [0.717, 1.165) is 17.8 Å². The van der Waals surface area contributed by atoms with Crippen molar-refractivity contribution in [1.29, 1.82) is 0 Å². The fraction of sp³-hybridized carbons (Fsp3) is 0.214. The van der Waals surface area contributed by atoms with Gasteiger partial charge in [0.1, 0.15) is 0 Å². The number of hydrogen-bond acceptors (Lipinski definition) is 5. The summed E-state index contributed by atoms with van der Waals surface area (Å²) >= 11 is 12.0. The monoisotopic (exact) mass is 377 g/mol. The first-order valence-corrected chi connectivity index (χ1v) is 7.61. The zero-order chi connectivity index (χ0) is 17.3. The van der Waals surface area contributed by atoms with Crippen LogP contribution in [0.25, 0.3) is 0 Å². The Morgan fingerprint density at radius 1 is 1.04 bits per heavy atom. The quantitative estimate of drug-likeness (QED) is 0.662. The number of aromatic nitrogens is 1. The molecule has 1 aromatic heterocycles. The molecule has 0 amide bonds. The highest BCUT2D eigenvalue weighted by molar-refractivity contribution is 6.31. The van der Waals surface area contributed by atoms with Crippen LogP contribution in [0.15, 0.2) is 36.5 Å². The number of pyridine rings is 1. The topological polar surface area (TPSA) is 61.0 Å². The zero-order valence-electron chi connectivity index (χ0n) is 12.0. The molecule has 1 aliphatic rings. The molecular weight excluding hydrogens is 366 g/mol. The molecule has 0 spiro atoms. The first-order valence-electron chi connectivity index (χ1n) is 6.85. The molecule has 1 aromatic carbocycles. The summed E-state index contributed by atoms with van der Waals surface area (Å²) in [6.07, 6.45) is -4.12. The molecule has 128 valence electrons. The van der Waals surface area contributed by atoms with E-state index >= 15 is 0 Å². The second-order valence-electron chi connectivity index (χ2n) is 5.13. The summed E-state index contributed by atoms with van der Waals surface area (Å²) in [6.45, 7) is 0. The van der Waals surface area contributed by atoms with Crippen LogP contribution in [0.1, 0.15) is 22.7 Å². The maximum Gasteiger partial charge on any atom is 0.417 e. The first kappa shape index (κ1) is 17.4. The summed E-state index contributed by atoms with van der Waals surface area (Å²) in [5.74, 6) is -0.459. The fourth-order valence-electron chi connectivity index (χ4n) is 2.44. The van der Waals surface area contributed by atoms with E-state index in [1.807, 2.05) is 0 Å². The van der Waals surface area contributed by atoms with Crippen molar-refractivity contribution in [3.05, 3.63) is 63.4 Å². The Bertz CT molecular complexity index is 717. The van der Waals surface area contributed by atoms with Gasteiger partial charge in [0.2, 0.25) is 0 Å². The van der Waals surface area contributed by atoms with Gasteiger partial charge in [0.25, 0.3) is 0 Å². The van der Waals surface area contributed by atoms with Crippen LogP contribution in [0.4, 0.5) is 13.2 Å². The number of hydrazine groups is 3. The molecule has 1 saturated heterocycles. The van der Waals surface area contributed by atoms with Crippen molar-refractivity contribution >= 4 is 23.2 Å². The summed E-state index contributed by atoms with van der Waals surface area (Å²) < 4.78 is 38.4. The molecule has 4 N–H and O–H groups in total. The molecule has 2 heterocycles. The molecular formula is C14H12Cl2F3N5. The maximum absolute atomic E-state index is 12.8. The highest BCUT2D eigenvalue weighted by atomic mass is 35.5. The Hall–Kier alpha value is -1.42. The lowest BCUT2D eigenvalue weighted by Crippen LogP contribution is -2.40. The van der Waals surface area contributed by atoms with Crippen LogP contribution in [0, 0.1) is 0 Å². The van der Waals surface area contributed by atoms with E-state index in [9.17, 15) is 13.2 Å². The van der Waals surface area contributed by atoms with Gasteiger partial charge in [-0.3, -0.25) is 4.98 Å². The van der Waals surface area contributed by atoms with Crippen molar-refractivity contribution in [1.82, 2.24) is 26.9 Å². The van der Waals surface area contributed by atoms with E-state index in [-0.39, 0.29) is 5.02 Å². The van der Waals surface area contributed by atoms with Crippen LogP contribution in [-0.4, -0.2) is 11.1 Å². The number of nitrogens with one attached hydrogen (secondary N) is 4. The Morgan fingerprint density at radius 3 is 2.21 bits per heavy atom. The molecule has 1 atom stereocenters. The number of alkyl halides is 3. The average molecular weight is 378 g/mol. The van der Waals surface area contributed by atoms with Crippen LogP contribution in [0.5, 0.6) is 0 Å². The summed E-state index contributed by atoms with van der Waals surface area (Å²) in [6, 6.07) is 7.80. The van der Waals surface area contributed by atoms with Crippen LogP contribution in [-0.2, 0) is 6.18 Å². The average Bonchev–Trinajstić information content (AvgIpc) is 3.04. The van der Waals surface area contributed by atoms with Crippen molar-refractivity contribution in [2.75, 3.05) is 0 Å². The van der Waals surface area contributed by atoms with Gasteiger partial charge in [-0.1, -0.05) is 35.3 Å². The van der Waals surface area contributed by atoms with Gasteiger partial charge in [0, 0.05) is 11.2 Å². The summed E-state index contributed by atoms with van der Waals surface area (Å²) in [5.41, 5.74) is 11.4. The molecule has 3 rings (SSSR count). The normalized spacial score (nSPS) is 17.2. The van der Waals surface area contributed by atoms with Gasteiger partial charge >= 0.3 is 6.18 Å². The summed E-state index contributed by atoms with van der Waals surface area (Å²) in [4.78, 5) is 3.97. The smallest absolute Gasteiger partial charge is 0.258 e. The maximum atomic E-state index is 12.8. The number of hydrogen-bond donors (Lipinski definition) is 4. The van der Waals surface area contributed by atoms with Crippen molar-refractivity contribution < 1.29 is 13.2 Å². The lowest BCUT2D eigenvalue weighted by atomic mass is 9.92. The van der Waals surface area contributed by atoms with E-state index < -0.39 is 23.8 Å². The number of rotatable bonds is 3. The molecule has 1 aliphatic heterocycles. The largest absolute Gasteiger partial charge is 0.417 e. The van der Waals surface area contributed by atoms with Gasteiger partial charge in [0.15, 0.2) is 0 Å². The molecule has 0 unspecified atom stereocenters. The van der Waals surface area contributed by atoms with Crippen molar-refractivity contribution in [2.24, 2.45) is 0 Å². The van der Waals surface area contributed by atoms with Gasteiger partial charge in [-0.2, -0.15) is 24.2 Å². The Kier molecular flexibility index (Phi) is 4.95. The lowest BCUT2D eigenvalue weighted by Gasteiger charge is -2.24. The second-order valence-corrected chi connectivity index (χ2v) is 5.98. The van der Waals surface area contributed by atoms with Crippen molar-refractivity contribution in [3.8, 4) is 0 Å². The molecule has 1 fully saturated rings. The SMILES string of the molecule is FC(F)(F)c1cnc([C@H](c2ccc(Cl)cc2)C2NNNN2)c(Cl)c1. The van der Waals surface area contributed by atoms with E-state index in [4.69, 9.17) is 23.2 Å². The van der Waals surface area contributed by atoms with Crippen molar-refractivity contribution in [2.45, 2.75) is 18.3 Å². The van der Waals surface area contributed by atoms with Gasteiger partial charge < -0.3 is 0 Å². The molecule has 24 heavy (non-hydrogen) atoms. The predicted octanol–water partition coefficient (Wildman–Crippen LogP) is 2.98. The Morgan fingerprint density at radius 2 is 1.67 bits per heavy atom. The van der Waals surface area contributed by atoms with Crippen molar-refractivity contribution in [3.63, 3.8) is 0 Å². The highest BCUT2D eigenvalue weighted by Crippen LogP contribution is 2.36. The van der Waals surface area contributed by atoms with Crippen LogP contribution in [0.2, 0.25) is 10.0 Å². The fourth-order valence-corrected chi connectivity index (χ4v) is 2.85. The molecule has 2 aromatic rings. The van der Waals surface area contributed by atoms with Crippen LogP contribution < -0.4 is 21.9 Å². The number of nitrogens with zero attached hydrogens (tertiary/aromatic N) is 1. The van der Waals surface area contributed by atoms with Gasteiger partial charge in [-0.25, -0.2) is 10.9 Å². The summed E-state index contributed by atoms with van der Waals surface area (Å²) in [7, 11) is 0. The molecule has 0 bridgehead atoms. The van der Waals surface area contributed by atoms with Gasteiger partial charge in [-0.05, 0) is 23.8 Å². The van der Waals surface area contributed by atoms with E-state index in [1.54, 1.807) is 24.3 Å². The van der Waals surface area contributed by atoms with Gasteiger partial charge in [0.05, 0.1) is 28.4 Å². The lowest BCUT2D eigenvalue weighted by molar-refractivity contribution is -0.137. The minimum Gasteiger partial charge on any atom is -0.258 e.